The number of carbonyl (C=O) groups excluding carboxylic acids is 1. The summed E-state index contributed by atoms with van der Waals surface area (Å²) in [6, 6.07) is 23.6. The van der Waals surface area contributed by atoms with Crippen molar-refractivity contribution in [3.63, 3.8) is 0 Å². The highest BCUT2D eigenvalue weighted by Crippen LogP contribution is 2.30. The summed E-state index contributed by atoms with van der Waals surface area (Å²) in [5.74, 6) is 0.965. The summed E-state index contributed by atoms with van der Waals surface area (Å²) in [7, 11) is 0. The highest BCUT2D eigenvalue weighted by molar-refractivity contribution is 8.01. The van der Waals surface area contributed by atoms with Crippen LogP contribution in [0.3, 0.4) is 0 Å². The number of nitrogens with zero attached hydrogens (tertiary/aromatic N) is 2. The van der Waals surface area contributed by atoms with Gasteiger partial charge in [0.05, 0.1) is 32.7 Å². The van der Waals surface area contributed by atoms with Gasteiger partial charge in [-0.3, -0.25) is 4.79 Å². The number of fused-ring (bicyclic) bond motifs is 2. The Hall–Kier alpha value is -3.16. The number of para-hydroxylation sites is 4. The van der Waals surface area contributed by atoms with Gasteiger partial charge in [0.2, 0.25) is 5.91 Å². The molecule has 142 valence electrons. The van der Waals surface area contributed by atoms with Crippen LogP contribution in [0.4, 0.5) is 5.69 Å². The van der Waals surface area contributed by atoms with Crippen LogP contribution in [0, 0.1) is 0 Å². The third-order valence-corrected chi connectivity index (χ3v) is 6.63. The Morgan fingerprint density at radius 1 is 0.931 bits per heavy atom. The lowest BCUT2D eigenvalue weighted by Gasteiger charge is -2.09. The molecule has 5 aromatic rings. The summed E-state index contributed by atoms with van der Waals surface area (Å²) in [6.07, 6.45) is 0. The van der Waals surface area contributed by atoms with E-state index in [1.165, 1.54) is 11.8 Å². The van der Waals surface area contributed by atoms with E-state index in [-0.39, 0.29) is 5.91 Å². The van der Waals surface area contributed by atoms with E-state index in [1.807, 2.05) is 72.8 Å². The molecular weight excluding hydrogens is 400 g/mol. The number of thiazole rings is 1. The number of benzene rings is 3. The molecule has 1 amide bonds. The van der Waals surface area contributed by atoms with Gasteiger partial charge < -0.3 is 10.3 Å². The second-order valence-corrected chi connectivity index (χ2v) is 8.69. The average Bonchev–Trinajstić information content (AvgIpc) is 3.36. The van der Waals surface area contributed by atoms with E-state index >= 15 is 0 Å². The Kier molecular flexibility index (Phi) is 4.75. The summed E-state index contributed by atoms with van der Waals surface area (Å²) >= 11 is 3.06. The van der Waals surface area contributed by atoms with E-state index in [4.69, 9.17) is 0 Å². The van der Waals surface area contributed by atoms with Crippen LogP contribution in [0.1, 0.15) is 0 Å². The first-order valence-electron chi connectivity index (χ1n) is 9.09. The number of imidazole rings is 1. The number of rotatable bonds is 5. The number of aromatic amines is 1. The molecule has 0 fully saturated rings. The van der Waals surface area contributed by atoms with E-state index in [1.54, 1.807) is 11.3 Å². The largest absolute Gasteiger partial charge is 0.338 e. The van der Waals surface area contributed by atoms with Crippen LogP contribution in [0.15, 0.2) is 77.1 Å². The van der Waals surface area contributed by atoms with E-state index in [0.717, 1.165) is 42.7 Å². The van der Waals surface area contributed by atoms with Gasteiger partial charge in [-0.1, -0.05) is 48.2 Å². The van der Waals surface area contributed by atoms with Gasteiger partial charge in [0.25, 0.3) is 0 Å². The first-order valence-corrected chi connectivity index (χ1v) is 10.9. The topological polar surface area (TPSA) is 70.7 Å². The smallest absolute Gasteiger partial charge is 0.234 e. The highest BCUT2D eigenvalue weighted by Gasteiger charge is 2.13. The van der Waals surface area contributed by atoms with Gasteiger partial charge in [-0.05, 0) is 36.4 Å². The van der Waals surface area contributed by atoms with Crippen molar-refractivity contribution >= 4 is 55.9 Å². The third kappa shape index (κ3) is 3.74. The molecule has 0 spiro atoms. The minimum atomic E-state index is -0.0715. The molecule has 3 aromatic carbocycles. The van der Waals surface area contributed by atoms with Gasteiger partial charge in [-0.2, -0.15) is 0 Å². The van der Waals surface area contributed by atoms with Gasteiger partial charge in [0.15, 0.2) is 4.34 Å². The number of carbonyl (C=O) groups is 1. The molecule has 2 aromatic heterocycles. The lowest BCUT2D eigenvalue weighted by Crippen LogP contribution is -2.14. The molecule has 0 saturated heterocycles. The molecule has 0 radical (unpaired) electrons. The normalized spacial score (nSPS) is 11.2. The predicted molar refractivity (Wildman–Crippen MR) is 121 cm³/mol. The number of hydrogen-bond acceptors (Lipinski definition) is 5. The van der Waals surface area contributed by atoms with Crippen molar-refractivity contribution in [1.29, 1.82) is 0 Å². The summed E-state index contributed by atoms with van der Waals surface area (Å²) in [4.78, 5) is 25.1. The number of aromatic nitrogens is 3. The van der Waals surface area contributed by atoms with Crippen LogP contribution in [0.5, 0.6) is 0 Å². The quantitative estimate of drug-likeness (QED) is 0.368. The first kappa shape index (κ1) is 17.9. The van der Waals surface area contributed by atoms with E-state index in [0.29, 0.717) is 5.75 Å². The fourth-order valence-electron chi connectivity index (χ4n) is 3.11. The lowest BCUT2D eigenvalue weighted by molar-refractivity contribution is -0.113. The number of thioether (sulfide) groups is 1. The highest BCUT2D eigenvalue weighted by atomic mass is 32.2. The van der Waals surface area contributed by atoms with Crippen LogP contribution in [-0.2, 0) is 4.79 Å². The van der Waals surface area contributed by atoms with E-state index in [9.17, 15) is 4.79 Å². The molecule has 2 heterocycles. The maximum atomic E-state index is 12.6. The summed E-state index contributed by atoms with van der Waals surface area (Å²) in [6.45, 7) is 0. The molecule has 0 bridgehead atoms. The van der Waals surface area contributed by atoms with Crippen molar-refractivity contribution < 1.29 is 4.79 Å². The maximum Gasteiger partial charge on any atom is 0.234 e. The van der Waals surface area contributed by atoms with Crippen molar-refractivity contribution in [2.45, 2.75) is 4.34 Å². The summed E-state index contributed by atoms with van der Waals surface area (Å²) < 4.78 is 2.03. The van der Waals surface area contributed by atoms with Crippen LogP contribution >= 0.6 is 23.1 Å². The van der Waals surface area contributed by atoms with Gasteiger partial charge in [0.1, 0.15) is 5.82 Å². The van der Waals surface area contributed by atoms with Crippen molar-refractivity contribution in [2.75, 3.05) is 11.1 Å². The lowest BCUT2D eigenvalue weighted by atomic mass is 10.1. The molecule has 0 atom stereocenters. The summed E-state index contributed by atoms with van der Waals surface area (Å²) in [5.41, 5.74) is 4.43. The average molecular weight is 417 g/mol. The number of anilines is 1. The molecule has 7 heteroatoms. The Bertz CT molecular complexity index is 1260. The van der Waals surface area contributed by atoms with Crippen LogP contribution < -0.4 is 5.32 Å². The molecule has 0 unspecified atom stereocenters. The maximum absolute atomic E-state index is 12.6. The van der Waals surface area contributed by atoms with Crippen molar-refractivity contribution in [3.8, 4) is 11.4 Å². The Morgan fingerprint density at radius 2 is 1.69 bits per heavy atom. The number of nitrogens with one attached hydrogen (secondary N) is 2. The van der Waals surface area contributed by atoms with E-state index < -0.39 is 0 Å². The SMILES string of the molecule is O=C(CSc1nc2ccccc2s1)Nc1ccccc1-c1nc2ccccc2[nH]1. The molecule has 2 N–H and O–H groups in total. The van der Waals surface area contributed by atoms with Crippen LogP contribution in [0.2, 0.25) is 0 Å². The molecule has 0 saturated carbocycles. The van der Waals surface area contributed by atoms with Crippen LogP contribution in [0.25, 0.3) is 32.6 Å². The Morgan fingerprint density at radius 3 is 2.55 bits per heavy atom. The monoisotopic (exact) mass is 416 g/mol. The Balaban J connectivity index is 1.33. The van der Waals surface area contributed by atoms with Gasteiger partial charge in [-0.15, -0.1) is 11.3 Å². The zero-order valence-corrected chi connectivity index (χ0v) is 16.9. The fourth-order valence-corrected chi connectivity index (χ4v) is 4.97. The zero-order valence-electron chi connectivity index (χ0n) is 15.3. The number of H-pyrrole nitrogens is 1. The summed E-state index contributed by atoms with van der Waals surface area (Å²) in [5, 5.41) is 3.01. The van der Waals surface area contributed by atoms with Gasteiger partial charge >= 0.3 is 0 Å². The van der Waals surface area contributed by atoms with Crippen molar-refractivity contribution in [3.05, 3.63) is 72.8 Å². The van der Waals surface area contributed by atoms with E-state index in [2.05, 4.69) is 20.3 Å². The van der Waals surface area contributed by atoms with Crippen LogP contribution in [-0.4, -0.2) is 26.6 Å². The second-order valence-electron chi connectivity index (χ2n) is 6.43. The molecule has 0 aliphatic rings. The number of hydrogen-bond donors (Lipinski definition) is 2. The Labute approximate surface area is 175 Å². The first-order chi connectivity index (χ1) is 14.3. The third-order valence-electron chi connectivity index (χ3n) is 4.45. The molecule has 0 aliphatic carbocycles. The van der Waals surface area contributed by atoms with Gasteiger partial charge in [-0.25, -0.2) is 9.97 Å². The standard InChI is InChI=1S/C22H16N4OS2/c27-20(13-28-22-26-18-11-5-6-12-19(18)29-22)23-15-8-2-1-7-14(15)21-24-16-9-3-4-10-17(16)25-21/h1-12H,13H2,(H,23,27)(H,24,25). The molecular formula is C22H16N4OS2. The molecule has 29 heavy (non-hydrogen) atoms. The fraction of sp³-hybridized carbons (Fsp3) is 0.0455. The second kappa shape index (κ2) is 7.69. The molecule has 5 rings (SSSR count). The predicted octanol–water partition coefficient (Wildman–Crippen LogP) is 5.57. The molecule has 5 nitrogen and oxygen atoms in total. The minimum absolute atomic E-state index is 0.0715. The van der Waals surface area contributed by atoms with Crippen molar-refractivity contribution in [2.24, 2.45) is 0 Å². The van der Waals surface area contributed by atoms with Crippen molar-refractivity contribution in [1.82, 2.24) is 15.0 Å². The van der Waals surface area contributed by atoms with Gasteiger partial charge in [0, 0.05) is 5.56 Å². The number of amides is 1. The molecule has 0 aliphatic heterocycles. The zero-order chi connectivity index (χ0) is 19.6. The minimum Gasteiger partial charge on any atom is -0.338 e.